The molecule has 3 rings (SSSR count). The SMILES string of the molecule is CN1CCN(C(=O)c2cc3c([nH]2)CCC3O)CC1. The van der Waals surface area contributed by atoms with E-state index < -0.39 is 6.10 Å². The van der Waals surface area contributed by atoms with Crippen LogP contribution in [0.3, 0.4) is 0 Å². The fraction of sp³-hybridized carbons (Fsp3) is 0.615. The summed E-state index contributed by atoms with van der Waals surface area (Å²) in [5.41, 5.74) is 2.57. The second-order valence-electron chi connectivity index (χ2n) is 5.27. The van der Waals surface area contributed by atoms with Crippen molar-refractivity contribution in [1.29, 1.82) is 0 Å². The highest BCUT2D eigenvalue weighted by molar-refractivity contribution is 5.93. The molecule has 0 aromatic carbocycles. The molecule has 0 spiro atoms. The van der Waals surface area contributed by atoms with Crippen LogP contribution in [-0.2, 0) is 6.42 Å². The third kappa shape index (κ3) is 1.93. The van der Waals surface area contributed by atoms with Crippen molar-refractivity contribution < 1.29 is 9.90 Å². The summed E-state index contributed by atoms with van der Waals surface area (Å²) in [6, 6.07) is 1.83. The molecule has 1 fully saturated rings. The molecule has 1 atom stereocenters. The Morgan fingerprint density at radius 1 is 1.39 bits per heavy atom. The summed E-state index contributed by atoms with van der Waals surface area (Å²) in [5, 5.41) is 9.77. The highest BCUT2D eigenvalue weighted by Crippen LogP contribution is 2.31. The van der Waals surface area contributed by atoms with Gasteiger partial charge in [0.25, 0.3) is 5.91 Å². The Bertz CT molecular complexity index is 461. The monoisotopic (exact) mass is 249 g/mol. The van der Waals surface area contributed by atoms with Gasteiger partial charge in [-0.15, -0.1) is 0 Å². The number of aliphatic hydroxyl groups excluding tert-OH is 1. The number of fused-ring (bicyclic) bond motifs is 1. The number of likely N-dealkylation sites (N-methyl/N-ethyl adjacent to an activating group) is 1. The molecule has 98 valence electrons. The van der Waals surface area contributed by atoms with E-state index in [1.165, 1.54) is 0 Å². The predicted molar refractivity (Wildman–Crippen MR) is 67.5 cm³/mol. The van der Waals surface area contributed by atoms with Crippen molar-refractivity contribution in [2.45, 2.75) is 18.9 Å². The molecule has 1 aliphatic heterocycles. The molecule has 1 aliphatic carbocycles. The number of nitrogens with zero attached hydrogens (tertiary/aromatic N) is 2. The molecule has 1 aromatic rings. The molecule has 1 unspecified atom stereocenters. The largest absolute Gasteiger partial charge is 0.388 e. The van der Waals surface area contributed by atoms with Gasteiger partial charge in [-0.05, 0) is 26.0 Å². The lowest BCUT2D eigenvalue weighted by atomic mass is 10.2. The molecule has 5 nitrogen and oxygen atoms in total. The molecule has 0 bridgehead atoms. The number of aromatic amines is 1. The smallest absolute Gasteiger partial charge is 0.270 e. The summed E-state index contributed by atoms with van der Waals surface area (Å²) in [6.07, 6.45) is 1.21. The van der Waals surface area contributed by atoms with Crippen molar-refractivity contribution in [2.24, 2.45) is 0 Å². The highest BCUT2D eigenvalue weighted by Gasteiger charge is 2.27. The van der Waals surface area contributed by atoms with E-state index >= 15 is 0 Å². The number of rotatable bonds is 1. The summed E-state index contributed by atoms with van der Waals surface area (Å²) in [6.45, 7) is 3.41. The van der Waals surface area contributed by atoms with E-state index in [4.69, 9.17) is 0 Å². The summed E-state index contributed by atoms with van der Waals surface area (Å²) < 4.78 is 0. The zero-order chi connectivity index (χ0) is 12.7. The average Bonchev–Trinajstić information content (AvgIpc) is 2.92. The van der Waals surface area contributed by atoms with Gasteiger partial charge in [0.2, 0.25) is 0 Å². The Kier molecular flexibility index (Phi) is 2.87. The lowest BCUT2D eigenvalue weighted by Gasteiger charge is -2.32. The molecule has 0 radical (unpaired) electrons. The average molecular weight is 249 g/mol. The lowest BCUT2D eigenvalue weighted by Crippen LogP contribution is -2.47. The topological polar surface area (TPSA) is 59.6 Å². The predicted octanol–water partition coefficient (Wildman–Crippen LogP) is 0.382. The third-order valence-corrected chi connectivity index (χ3v) is 3.98. The molecule has 18 heavy (non-hydrogen) atoms. The van der Waals surface area contributed by atoms with Gasteiger partial charge in [-0.25, -0.2) is 0 Å². The molecule has 0 saturated carbocycles. The van der Waals surface area contributed by atoms with Gasteiger partial charge < -0.3 is 19.9 Å². The molecule has 5 heteroatoms. The number of piperazine rings is 1. The number of carbonyl (C=O) groups excluding carboxylic acids is 1. The summed E-state index contributed by atoms with van der Waals surface area (Å²) in [7, 11) is 2.07. The normalized spacial score (nSPS) is 24.3. The molecule has 1 saturated heterocycles. The van der Waals surface area contributed by atoms with Crippen LogP contribution >= 0.6 is 0 Å². The maximum Gasteiger partial charge on any atom is 0.270 e. The Morgan fingerprint density at radius 3 is 2.78 bits per heavy atom. The first-order valence-corrected chi connectivity index (χ1v) is 6.53. The maximum atomic E-state index is 12.3. The van der Waals surface area contributed by atoms with Gasteiger partial charge in [0.15, 0.2) is 0 Å². The van der Waals surface area contributed by atoms with Crippen molar-refractivity contribution in [3.63, 3.8) is 0 Å². The number of nitrogens with one attached hydrogen (secondary N) is 1. The van der Waals surface area contributed by atoms with E-state index in [1.54, 1.807) is 0 Å². The summed E-state index contributed by atoms with van der Waals surface area (Å²) in [4.78, 5) is 19.6. The van der Waals surface area contributed by atoms with Crippen molar-refractivity contribution in [2.75, 3.05) is 33.2 Å². The standard InChI is InChI=1S/C13H19N3O2/c1-15-4-6-16(7-5-15)13(18)11-8-9-10(14-11)2-3-12(9)17/h8,12,14,17H,2-7H2,1H3. The van der Waals surface area contributed by atoms with Gasteiger partial charge >= 0.3 is 0 Å². The van der Waals surface area contributed by atoms with E-state index in [0.717, 1.165) is 50.3 Å². The van der Waals surface area contributed by atoms with Gasteiger partial charge in [-0.3, -0.25) is 4.79 Å². The first-order chi connectivity index (χ1) is 8.65. The van der Waals surface area contributed by atoms with E-state index in [1.807, 2.05) is 11.0 Å². The van der Waals surface area contributed by atoms with Crippen LogP contribution in [0.15, 0.2) is 6.07 Å². The van der Waals surface area contributed by atoms with Crippen LogP contribution in [-0.4, -0.2) is 59.0 Å². The van der Waals surface area contributed by atoms with Crippen LogP contribution < -0.4 is 0 Å². The zero-order valence-electron chi connectivity index (χ0n) is 10.6. The Morgan fingerprint density at radius 2 is 2.11 bits per heavy atom. The molecule has 2 aliphatic rings. The van der Waals surface area contributed by atoms with E-state index in [-0.39, 0.29) is 5.91 Å². The Labute approximate surface area is 106 Å². The Hall–Kier alpha value is -1.33. The van der Waals surface area contributed by atoms with Crippen molar-refractivity contribution in [3.8, 4) is 0 Å². The fourth-order valence-corrected chi connectivity index (χ4v) is 2.75. The number of hydrogen-bond donors (Lipinski definition) is 2. The number of amides is 1. The minimum absolute atomic E-state index is 0.0599. The molecular weight excluding hydrogens is 230 g/mol. The zero-order valence-corrected chi connectivity index (χ0v) is 10.6. The quantitative estimate of drug-likeness (QED) is 0.756. The number of aromatic nitrogens is 1. The van der Waals surface area contributed by atoms with Crippen LogP contribution in [0.5, 0.6) is 0 Å². The second kappa shape index (κ2) is 4.40. The van der Waals surface area contributed by atoms with Gasteiger partial charge in [-0.2, -0.15) is 0 Å². The van der Waals surface area contributed by atoms with Crippen molar-refractivity contribution >= 4 is 5.91 Å². The molecule has 2 heterocycles. The number of aliphatic hydroxyl groups is 1. The van der Waals surface area contributed by atoms with Crippen LogP contribution in [0.4, 0.5) is 0 Å². The summed E-state index contributed by atoms with van der Waals surface area (Å²) >= 11 is 0. The minimum Gasteiger partial charge on any atom is -0.388 e. The van der Waals surface area contributed by atoms with Gasteiger partial charge in [0.05, 0.1) is 6.10 Å². The van der Waals surface area contributed by atoms with Crippen molar-refractivity contribution in [1.82, 2.24) is 14.8 Å². The molecule has 1 amide bonds. The first kappa shape index (κ1) is 11.7. The number of H-pyrrole nitrogens is 1. The van der Waals surface area contributed by atoms with Gasteiger partial charge in [0.1, 0.15) is 5.69 Å². The fourth-order valence-electron chi connectivity index (χ4n) is 2.75. The molecule has 1 aromatic heterocycles. The van der Waals surface area contributed by atoms with E-state index in [2.05, 4.69) is 16.9 Å². The number of hydrogen-bond acceptors (Lipinski definition) is 3. The van der Waals surface area contributed by atoms with E-state index in [0.29, 0.717) is 5.69 Å². The first-order valence-electron chi connectivity index (χ1n) is 6.53. The van der Waals surface area contributed by atoms with Gasteiger partial charge in [-0.1, -0.05) is 0 Å². The molecular formula is C13H19N3O2. The maximum absolute atomic E-state index is 12.3. The molecule has 2 N–H and O–H groups in total. The minimum atomic E-state index is -0.398. The van der Waals surface area contributed by atoms with Crippen molar-refractivity contribution in [3.05, 3.63) is 23.0 Å². The van der Waals surface area contributed by atoms with Crippen LogP contribution in [0.25, 0.3) is 0 Å². The second-order valence-corrected chi connectivity index (χ2v) is 5.27. The summed E-state index contributed by atoms with van der Waals surface area (Å²) in [5.74, 6) is 0.0599. The highest BCUT2D eigenvalue weighted by atomic mass is 16.3. The van der Waals surface area contributed by atoms with Crippen LogP contribution in [0, 0.1) is 0 Å². The van der Waals surface area contributed by atoms with Crippen LogP contribution in [0.2, 0.25) is 0 Å². The van der Waals surface area contributed by atoms with E-state index in [9.17, 15) is 9.90 Å². The van der Waals surface area contributed by atoms with Crippen LogP contribution in [0.1, 0.15) is 34.3 Å². The number of aryl methyl sites for hydroxylation is 1. The van der Waals surface area contributed by atoms with Gasteiger partial charge in [0, 0.05) is 37.4 Å². The lowest BCUT2D eigenvalue weighted by molar-refractivity contribution is 0.0658. The third-order valence-electron chi connectivity index (χ3n) is 3.98. The Balaban J connectivity index is 1.75. The number of carbonyl (C=O) groups is 1.